The summed E-state index contributed by atoms with van der Waals surface area (Å²) in [4.78, 5) is 28.4. The van der Waals surface area contributed by atoms with E-state index in [4.69, 9.17) is 28.0 Å². The zero-order valence-corrected chi connectivity index (χ0v) is 35.4. The maximum absolute atomic E-state index is 17.3. The Hall–Kier alpha value is -5.17. The number of hydrogen-bond donors (Lipinski definition) is 1. The second-order valence-electron chi connectivity index (χ2n) is 14.8. The van der Waals surface area contributed by atoms with Gasteiger partial charge in [0.25, 0.3) is 14.1 Å². The molecule has 0 amide bonds. The Morgan fingerprint density at radius 2 is 1.48 bits per heavy atom. The lowest BCUT2D eigenvalue weighted by Gasteiger charge is -2.37. The molecule has 0 aliphatic carbocycles. The van der Waals surface area contributed by atoms with E-state index in [9.17, 15) is 18.0 Å². The van der Waals surface area contributed by atoms with Crippen LogP contribution in [0.4, 0.5) is 4.39 Å². The van der Waals surface area contributed by atoms with E-state index in [0.29, 0.717) is 24.5 Å². The molecule has 318 valence electrons. The van der Waals surface area contributed by atoms with Gasteiger partial charge in [0.1, 0.15) is 34.9 Å². The van der Waals surface area contributed by atoms with E-state index in [2.05, 4.69) is 16.8 Å². The van der Waals surface area contributed by atoms with Crippen molar-refractivity contribution in [2.45, 2.75) is 67.0 Å². The van der Waals surface area contributed by atoms with Crippen molar-refractivity contribution >= 4 is 18.4 Å². The molecule has 8 rings (SSSR count). The number of H-pyrrole nitrogens is 1. The van der Waals surface area contributed by atoms with Gasteiger partial charge in [-0.2, -0.15) is 0 Å². The van der Waals surface area contributed by atoms with Crippen LogP contribution in [0.1, 0.15) is 48.2 Å². The van der Waals surface area contributed by atoms with Crippen LogP contribution >= 0.6 is 8.53 Å². The van der Waals surface area contributed by atoms with Gasteiger partial charge in [0.05, 0.1) is 37.6 Å². The molecule has 0 bridgehead atoms. The Bertz CT molecular complexity index is 2560. The van der Waals surface area contributed by atoms with Gasteiger partial charge in [0, 0.05) is 18.8 Å². The third-order valence-corrected chi connectivity index (χ3v) is 14.8. The van der Waals surface area contributed by atoms with Crippen molar-refractivity contribution in [3.05, 3.63) is 158 Å². The minimum atomic E-state index is -3.74. The van der Waals surface area contributed by atoms with Crippen molar-refractivity contribution in [3.8, 4) is 23.3 Å². The van der Waals surface area contributed by atoms with Crippen LogP contribution in [0.15, 0.2) is 130 Å². The van der Waals surface area contributed by atoms with E-state index in [0.717, 1.165) is 27.7 Å². The van der Waals surface area contributed by atoms with Crippen LogP contribution in [-0.2, 0) is 34.0 Å². The summed E-state index contributed by atoms with van der Waals surface area (Å²) in [5.74, 6) is 6.28. The highest BCUT2D eigenvalue weighted by atomic mass is 32.2. The molecule has 4 aromatic carbocycles. The third-order valence-electron chi connectivity index (χ3n) is 11.2. The second kappa shape index (κ2) is 18.0. The Labute approximate surface area is 354 Å². The third kappa shape index (κ3) is 8.42. The number of aromatic nitrogens is 2. The van der Waals surface area contributed by atoms with Gasteiger partial charge in [-0.25, -0.2) is 22.3 Å². The first-order valence-electron chi connectivity index (χ1n) is 19.8. The summed E-state index contributed by atoms with van der Waals surface area (Å²) < 4.78 is 85.1. The zero-order valence-electron chi connectivity index (χ0n) is 33.7. The van der Waals surface area contributed by atoms with Crippen LogP contribution in [0, 0.1) is 11.8 Å². The van der Waals surface area contributed by atoms with Gasteiger partial charge < -0.3 is 28.0 Å². The van der Waals surface area contributed by atoms with E-state index in [1.165, 1.54) is 13.1 Å². The minimum absolute atomic E-state index is 0.0527. The number of methoxy groups -OCH3 is 2. The monoisotopic (exact) mass is 869 g/mol. The number of hydrogen-bond acceptors (Lipinski definition) is 11. The van der Waals surface area contributed by atoms with Crippen molar-refractivity contribution in [2.75, 3.05) is 33.1 Å². The second-order valence-corrected chi connectivity index (χ2v) is 18.3. The average molecular weight is 870 g/mol. The first-order chi connectivity index (χ1) is 29.6. The maximum atomic E-state index is 17.3. The molecule has 1 aromatic heterocycles. The number of sulfone groups is 1. The van der Waals surface area contributed by atoms with E-state index in [1.807, 2.05) is 83.5 Å². The van der Waals surface area contributed by atoms with Crippen molar-refractivity contribution < 1.29 is 40.8 Å². The number of nitrogens with zero attached hydrogens (tertiary/aromatic N) is 2. The molecular formula is C45H45FN3O10PS. The normalized spacial score (nSPS) is 23.9. The lowest BCUT2D eigenvalue weighted by atomic mass is 9.80. The molecule has 13 nitrogen and oxygen atoms in total. The molecule has 0 spiro atoms. The summed E-state index contributed by atoms with van der Waals surface area (Å²) in [6, 6.07) is 32.3. The highest BCUT2D eigenvalue weighted by Crippen LogP contribution is 2.58. The van der Waals surface area contributed by atoms with E-state index < -0.39 is 65.9 Å². The topological polar surface area (TPSA) is 148 Å². The number of fused-ring (bicyclic) bond motifs is 1. The molecule has 0 radical (unpaired) electrons. The Morgan fingerprint density at radius 1 is 0.869 bits per heavy atom. The van der Waals surface area contributed by atoms with Crippen LogP contribution in [-0.4, -0.2) is 86.3 Å². The first kappa shape index (κ1) is 42.5. The Kier molecular flexibility index (Phi) is 12.6. The van der Waals surface area contributed by atoms with Gasteiger partial charge in [0.2, 0.25) is 0 Å². The van der Waals surface area contributed by atoms with Gasteiger partial charge in [-0.05, 0) is 72.9 Å². The number of aromatic amines is 1. The fourth-order valence-corrected chi connectivity index (χ4v) is 11.8. The molecule has 4 heterocycles. The zero-order chi connectivity index (χ0) is 42.7. The number of halogens is 1. The molecule has 3 saturated heterocycles. The van der Waals surface area contributed by atoms with E-state index >= 15 is 4.39 Å². The van der Waals surface area contributed by atoms with Crippen LogP contribution in [0.3, 0.4) is 0 Å². The molecule has 5 aromatic rings. The van der Waals surface area contributed by atoms with Crippen molar-refractivity contribution in [1.29, 1.82) is 0 Å². The molecule has 7 atom stereocenters. The van der Waals surface area contributed by atoms with Crippen molar-refractivity contribution in [1.82, 2.24) is 14.2 Å². The summed E-state index contributed by atoms with van der Waals surface area (Å²) in [5, 5.41) is 0. The minimum Gasteiger partial charge on any atom is -0.497 e. The van der Waals surface area contributed by atoms with E-state index in [1.54, 1.807) is 44.6 Å². The predicted octanol–water partition coefficient (Wildman–Crippen LogP) is 6.12. The molecule has 3 aliphatic rings. The molecule has 3 aliphatic heterocycles. The molecule has 16 heteroatoms. The lowest BCUT2D eigenvalue weighted by Crippen LogP contribution is -2.40. The van der Waals surface area contributed by atoms with Crippen LogP contribution < -0.4 is 20.7 Å². The standard InChI is InChI=1S/C45H45FN3O10PS/c1-4-12-30-27-48(44(51)47-42(30)50)43-40(46)41(59-60-49-26-11-17-37(49)39(58-60)29-61(52,53)36-15-9-6-10-16-36)38(57-43)28-56-45(31-13-7-5-8-14-31,32-18-22-34(54-2)23-19-32)33-20-24-35(55-3)25-21-33/h5-10,13-16,18-25,27,37-41,43H,11,17,26,28-29H2,1-3H3,(H,47,50,51)/t37-,38+,39+,40+,41+,43+,60+/m0/s1. The summed E-state index contributed by atoms with van der Waals surface area (Å²) in [6.45, 7) is 1.82. The van der Waals surface area contributed by atoms with Gasteiger partial charge >= 0.3 is 5.69 Å². The van der Waals surface area contributed by atoms with Crippen LogP contribution in [0.5, 0.6) is 11.5 Å². The number of nitrogens with one attached hydrogen (secondary N) is 1. The number of rotatable bonds is 14. The lowest BCUT2D eigenvalue weighted by molar-refractivity contribution is -0.0930. The van der Waals surface area contributed by atoms with Crippen LogP contribution in [0.25, 0.3) is 0 Å². The van der Waals surface area contributed by atoms with Gasteiger partial charge in [-0.15, -0.1) is 5.92 Å². The fourth-order valence-electron chi connectivity index (χ4n) is 8.23. The van der Waals surface area contributed by atoms with Crippen LogP contribution in [0.2, 0.25) is 0 Å². The predicted molar refractivity (Wildman–Crippen MR) is 226 cm³/mol. The molecule has 61 heavy (non-hydrogen) atoms. The largest absolute Gasteiger partial charge is 0.497 e. The van der Waals surface area contributed by atoms with Crippen molar-refractivity contribution in [2.24, 2.45) is 0 Å². The van der Waals surface area contributed by atoms with Gasteiger partial charge in [-0.3, -0.25) is 14.3 Å². The quantitative estimate of drug-likeness (QED) is 0.0783. The average Bonchev–Trinajstić information content (AvgIpc) is 3.98. The Balaban J connectivity index is 1.18. The molecule has 1 N–H and O–H groups in total. The fraction of sp³-hybridized carbons (Fsp3) is 0.333. The SMILES string of the molecule is CC#Cc1cn([C@@H]2O[C@H](COC(c3ccccc3)(c3ccc(OC)cc3)c3ccc(OC)cc3)[C@@H](O[P@@]3O[C@H](CS(=O)(=O)c4ccccc4)[C@@H]4CCCN43)[C@H]2F)c(=O)[nH]c1=O. The van der Waals surface area contributed by atoms with E-state index in [-0.39, 0.29) is 28.9 Å². The summed E-state index contributed by atoms with van der Waals surface area (Å²) >= 11 is 0. The first-order valence-corrected chi connectivity index (χ1v) is 22.6. The summed E-state index contributed by atoms with van der Waals surface area (Å²) in [5.41, 5.74) is -0.797. The van der Waals surface area contributed by atoms with Gasteiger partial charge in [0.15, 0.2) is 22.2 Å². The highest BCUT2D eigenvalue weighted by molar-refractivity contribution is 7.91. The van der Waals surface area contributed by atoms with Crippen molar-refractivity contribution in [3.63, 3.8) is 0 Å². The molecule has 3 fully saturated rings. The van der Waals surface area contributed by atoms with Gasteiger partial charge in [-0.1, -0.05) is 78.7 Å². The number of alkyl halides is 1. The smallest absolute Gasteiger partial charge is 0.330 e. The highest BCUT2D eigenvalue weighted by Gasteiger charge is 2.55. The number of ether oxygens (including phenoxy) is 4. The molecule has 0 unspecified atom stereocenters. The summed E-state index contributed by atoms with van der Waals surface area (Å²) in [6.07, 6.45) is -4.25. The molecule has 0 saturated carbocycles. The summed E-state index contributed by atoms with van der Waals surface area (Å²) in [7, 11) is -2.59. The number of benzene rings is 4. The molecular weight excluding hydrogens is 825 g/mol. The Morgan fingerprint density at radius 3 is 2.08 bits per heavy atom. The maximum Gasteiger partial charge on any atom is 0.330 e.